The molecule has 8 nitrogen and oxygen atoms in total. The molecule has 0 saturated heterocycles. The zero-order valence-corrected chi connectivity index (χ0v) is 25.0. The third-order valence-electron chi connectivity index (χ3n) is 7.43. The molecular weight excluding hydrogens is 557 g/mol. The fourth-order valence-corrected chi connectivity index (χ4v) is 6.46. The molecule has 1 aromatic heterocycles. The first-order valence-electron chi connectivity index (χ1n) is 14.0. The number of cyclic esters (lactones) is 1. The largest absolute Gasteiger partial charge is 0.512 e. The first kappa shape index (κ1) is 31.0. The van der Waals surface area contributed by atoms with Crippen LogP contribution in [0.15, 0.2) is 83.2 Å². The van der Waals surface area contributed by atoms with Gasteiger partial charge in [-0.25, -0.2) is 14.2 Å². The van der Waals surface area contributed by atoms with Gasteiger partial charge in [-0.15, -0.1) is 0 Å². The van der Waals surface area contributed by atoms with Crippen molar-refractivity contribution >= 4 is 27.4 Å². The summed E-state index contributed by atoms with van der Waals surface area (Å²) in [6.45, 7) is 5.98. The van der Waals surface area contributed by atoms with Crippen LogP contribution < -0.4 is 10.5 Å². The number of nitrogens with one attached hydrogen (secondary N) is 1. The van der Waals surface area contributed by atoms with Crippen LogP contribution in [-0.2, 0) is 32.4 Å². The molecular formula is C32H38FN3O5S. The number of nitrogens with zero attached hydrogens (tertiary/aromatic N) is 1. The van der Waals surface area contributed by atoms with Crippen LogP contribution in [0.4, 0.5) is 15.8 Å². The number of ether oxygens (including phenoxy) is 1. The lowest BCUT2D eigenvalue weighted by Gasteiger charge is -2.38. The zero-order valence-electron chi connectivity index (χ0n) is 24.2. The van der Waals surface area contributed by atoms with Gasteiger partial charge in [0, 0.05) is 12.1 Å². The number of nitrogens with two attached hydrogens (primary N) is 1. The van der Waals surface area contributed by atoms with Gasteiger partial charge >= 0.3 is 5.97 Å². The Hall–Kier alpha value is -3.92. The van der Waals surface area contributed by atoms with Crippen LogP contribution >= 0.6 is 0 Å². The van der Waals surface area contributed by atoms with Gasteiger partial charge in [0.05, 0.1) is 17.5 Å². The molecule has 1 atom stereocenters. The number of aromatic nitrogens is 1. The average molecular weight is 596 g/mol. The van der Waals surface area contributed by atoms with E-state index in [1.165, 1.54) is 30.5 Å². The minimum Gasteiger partial charge on any atom is -0.512 e. The molecule has 0 aliphatic carbocycles. The minimum absolute atomic E-state index is 0.0457. The second kappa shape index (κ2) is 12.5. The number of hydrogen-bond acceptors (Lipinski definition) is 7. The normalized spacial score (nSPS) is 17.7. The first-order valence-corrected chi connectivity index (χ1v) is 15.5. The van der Waals surface area contributed by atoms with Crippen LogP contribution in [0.2, 0.25) is 0 Å². The maximum absolute atomic E-state index is 13.3. The van der Waals surface area contributed by atoms with E-state index in [9.17, 15) is 22.7 Å². The smallest absolute Gasteiger partial charge is 0.337 e. The lowest BCUT2D eigenvalue weighted by Crippen LogP contribution is -2.41. The van der Waals surface area contributed by atoms with E-state index in [2.05, 4.69) is 9.71 Å². The van der Waals surface area contributed by atoms with Crippen molar-refractivity contribution in [2.24, 2.45) is 5.41 Å². The van der Waals surface area contributed by atoms with Gasteiger partial charge in [-0.2, -0.15) is 8.42 Å². The van der Waals surface area contributed by atoms with Crippen molar-refractivity contribution in [3.63, 3.8) is 0 Å². The molecule has 1 aliphatic rings. The van der Waals surface area contributed by atoms with E-state index in [4.69, 9.17) is 10.5 Å². The molecule has 2 aromatic carbocycles. The third kappa shape index (κ3) is 7.88. The molecule has 0 fully saturated rings. The molecule has 3 aromatic rings. The van der Waals surface area contributed by atoms with Gasteiger partial charge in [0.2, 0.25) is 0 Å². The Bertz CT molecular complexity index is 1550. The number of carbonyl (C=O) groups excluding carboxylic acids is 1. The van der Waals surface area contributed by atoms with E-state index in [0.29, 0.717) is 37.1 Å². The second-order valence-electron chi connectivity index (χ2n) is 11.8. The lowest BCUT2D eigenvalue weighted by atomic mass is 9.77. The average Bonchev–Trinajstić information content (AvgIpc) is 2.91. The number of nitrogen functional groups attached to an aromatic ring is 1. The summed E-state index contributed by atoms with van der Waals surface area (Å²) in [7, 11) is -3.90. The molecule has 0 unspecified atom stereocenters. The van der Waals surface area contributed by atoms with E-state index in [-0.39, 0.29) is 35.0 Å². The number of aryl methyl sites for hydroxylation is 1. The summed E-state index contributed by atoms with van der Waals surface area (Å²) in [6, 6.07) is 16.1. The lowest BCUT2D eigenvalue weighted by molar-refractivity contribution is -0.161. The standard InChI is InChI=1S/C32H38FN3O5S/c1-4-15-32(16-14-22-8-10-24(33)11-9-22)20-28(37)27(30(38)41-32)19-31(2,3)18-23-6-5-7-26(17-23)36-42(39,40)29-13-12-25(34)21-35-29/h5-13,17,21,36-37H,4,14-16,18-20,34H2,1-3H3/t32-/m0/s1. The molecule has 1 aliphatic heterocycles. The second-order valence-corrected chi connectivity index (χ2v) is 13.4. The maximum Gasteiger partial charge on any atom is 0.337 e. The number of esters is 1. The monoisotopic (exact) mass is 595 g/mol. The summed E-state index contributed by atoms with van der Waals surface area (Å²) in [4.78, 5) is 17.2. The highest BCUT2D eigenvalue weighted by molar-refractivity contribution is 7.92. The minimum atomic E-state index is -3.90. The fraction of sp³-hybridized carbons (Fsp3) is 0.375. The Labute approximate surface area is 246 Å². The third-order valence-corrected chi connectivity index (χ3v) is 8.73. The topological polar surface area (TPSA) is 132 Å². The molecule has 4 N–H and O–H groups in total. The molecule has 0 spiro atoms. The number of hydrogen-bond donors (Lipinski definition) is 3. The Morgan fingerprint density at radius 1 is 1.07 bits per heavy atom. The predicted octanol–water partition coefficient (Wildman–Crippen LogP) is 6.49. The molecule has 0 saturated carbocycles. The van der Waals surface area contributed by atoms with Gasteiger partial charge in [-0.1, -0.05) is 51.5 Å². The summed E-state index contributed by atoms with van der Waals surface area (Å²) in [6.07, 6.45) is 4.81. The highest BCUT2D eigenvalue weighted by Gasteiger charge is 2.42. The van der Waals surface area contributed by atoms with Gasteiger partial charge in [-0.3, -0.25) is 4.72 Å². The van der Waals surface area contributed by atoms with Crippen molar-refractivity contribution in [2.45, 2.75) is 76.3 Å². The van der Waals surface area contributed by atoms with Crippen molar-refractivity contribution in [1.82, 2.24) is 4.98 Å². The van der Waals surface area contributed by atoms with Gasteiger partial charge in [0.1, 0.15) is 17.2 Å². The number of anilines is 2. The summed E-state index contributed by atoms with van der Waals surface area (Å²) >= 11 is 0. The number of sulfonamides is 1. The number of benzene rings is 2. The van der Waals surface area contributed by atoms with Gasteiger partial charge in [0.15, 0.2) is 5.03 Å². The van der Waals surface area contributed by atoms with Crippen LogP contribution in [0.5, 0.6) is 0 Å². The van der Waals surface area contributed by atoms with Crippen molar-refractivity contribution in [3.8, 4) is 0 Å². The van der Waals surface area contributed by atoms with Crippen molar-refractivity contribution in [3.05, 3.63) is 95.1 Å². The van der Waals surface area contributed by atoms with Gasteiger partial charge in [0.25, 0.3) is 10.0 Å². The van der Waals surface area contributed by atoms with E-state index in [0.717, 1.165) is 17.5 Å². The van der Waals surface area contributed by atoms with Crippen LogP contribution in [0, 0.1) is 11.2 Å². The number of aliphatic hydroxyl groups is 1. The Balaban J connectivity index is 1.45. The fourth-order valence-electron chi connectivity index (χ4n) is 5.48. The molecule has 0 amide bonds. The molecule has 42 heavy (non-hydrogen) atoms. The summed E-state index contributed by atoms with van der Waals surface area (Å²) < 4.78 is 47.4. The molecule has 0 radical (unpaired) electrons. The maximum atomic E-state index is 13.3. The van der Waals surface area contributed by atoms with E-state index in [1.54, 1.807) is 30.3 Å². The van der Waals surface area contributed by atoms with Crippen molar-refractivity contribution in [1.29, 1.82) is 0 Å². The van der Waals surface area contributed by atoms with Crippen LogP contribution in [0.25, 0.3) is 0 Å². The van der Waals surface area contributed by atoms with E-state index < -0.39 is 27.0 Å². The number of aliphatic hydroxyl groups excluding tert-OH is 1. The molecule has 10 heteroatoms. The van der Waals surface area contributed by atoms with Gasteiger partial charge in [-0.05, 0) is 85.0 Å². The number of pyridine rings is 1. The Morgan fingerprint density at radius 3 is 2.45 bits per heavy atom. The van der Waals surface area contributed by atoms with Crippen LogP contribution in [0.3, 0.4) is 0 Å². The first-order chi connectivity index (χ1) is 19.8. The van der Waals surface area contributed by atoms with Crippen LogP contribution in [-0.4, -0.2) is 30.1 Å². The highest BCUT2D eigenvalue weighted by atomic mass is 32.2. The number of carbonyl (C=O) groups is 1. The number of halogens is 1. The van der Waals surface area contributed by atoms with Crippen molar-refractivity contribution in [2.75, 3.05) is 10.5 Å². The Morgan fingerprint density at radius 2 is 1.81 bits per heavy atom. The van der Waals surface area contributed by atoms with Crippen LogP contribution in [0.1, 0.15) is 64.0 Å². The number of rotatable bonds is 12. The summed E-state index contributed by atoms with van der Waals surface area (Å²) in [5, 5.41) is 11.0. The zero-order chi connectivity index (χ0) is 30.5. The quantitative estimate of drug-likeness (QED) is 0.204. The molecule has 2 heterocycles. The SMILES string of the molecule is CCC[C@]1(CCc2ccc(F)cc2)CC(O)=C(CC(C)(C)Cc2cccc(NS(=O)(=O)c3ccc(N)cn3)c2)C(=O)O1. The van der Waals surface area contributed by atoms with E-state index in [1.807, 2.05) is 26.8 Å². The summed E-state index contributed by atoms with van der Waals surface area (Å²) in [5.41, 5.74) is 7.14. The molecule has 4 rings (SSSR count). The molecule has 224 valence electrons. The molecule has 0 bridgehead atoms. The van der Waals surface area contributed by atoms with Gasteiger partial charge < -0.3 is 15.6 Å². The van der Waals surface area contributed by atoms with Crippen molar-refractivity contribution < 1.29 is 27.4 Å². The predicted molar refractivity (Wildman–Crippen MR) is 161 cm³/mol. The van der Waals surface area contributed by atoms with E-state index >= 15 is 0 Å². The highest BCUT2D eigenvalue weighted by Crippen LogP contribution is 2.41. The summed E-state index contributed by atoms with van der Waals surface area (Å²) in [5.74, 6) is -0.774. The Kier molecular flexibility index (Phi) is 9.25.